The van der Waals surface area contributed by atoms with Crippen molar-refractivity contribution < 1.29 is 24.6 Å². The number of ether oxygens (including phenoxy) is 2. The molecule has 2 aromatic heterocycles. The number of aromatic amines is 1. The Balaban J connectivity index is 1.63. The van der Waals surface area contributed by atoms with Crippen molar-refractivity contribution in [2.24, 2.45) is 0 Å². The van der Waals surface area contributed by atoms with Gasteiger partial charge in [-0.05, 0) is 6.07 Å². The van der Waals surface area contributed by atoms with Gasteiger partial charge in [-0.2, -0.15) is 4.98 Å². The number of nitrogens with two attached hydrogens (primary N) is 1. The number of rotatable bonds is 7. The summed E-state index contributed by atoms with van der Waals surface area (Å²) in [6, 6.07) is 6.23. The molecule has 12 nitrogen and oxygen atoms in total. The SMILES string of the molecule is Nc1nc2c(c(COCc3ccccc3[N+](=O)[O-])cn2[C@H]2CC(O)[C@@H](CO)O2)c(=O)[nH]1. The zero-order valence-corrected chi connectivity index (χ0v) is 16.3. The van der Waals surface area contributed by atoms with Gasteiger partial charge in [-0.25, -0.2) is 0 Å². The van der Waals surface area contributed by atoms with Gasteiger partial charge in [0.15, 0.2) is 5.65 Å². The predicted octanol–water partition coefficient (Wildman–Crippen LogP) is 0.572. The molecular formula is C19H21N5O7. The van der Waals surface area contributed by atoms with Gasteiger partial charge in [-0.3, -0.25) is 19.9 Å². The average Bonchev–Trinajstić information content (AvgIpc) is 3.28. The quantitative estimate of drug-likeness (QED) is 0.307. The van der Waals surface area contributed by atoms with E-state index in [1.807, 2.05) is 0 Å². The molecule has 4 rings (SSSR count). The van der Waals surface area contributed by atoms with Crippen LogP contribution in [-0.4, -0.2) is 48.5 Å². The van der Waals surface area contributed by atoms with E-state index in [4.69, 9.17) is 15.2 Å². The molecule has 164 valence electrons. The number of hydrogen-bond acceptors (Lipinski definition) is 9. The number of benzene rings is 1. The summed E-state index contributed by atoms with van der Waals surface area (Å²) in [6.07, 6.45) is -0.472. The van der Waals surface area contributed by atoms with Crippen molar-refractivity contribution in [2.45, 2.75) is 38.1 Å². The number of nitrogens with zero attached hydrogens (tertiary/aromatic N) is 3. The molecule has 1 aliphatic heterocycles. The van der Waals surface area contributed by atoms with Crippen molar-refractivity contribution in [1.82, 2.24) is 14.5 Å². The molecule has 31 heavy (non-hydrogen) atoms. The van der Waals surface area contributed by atoms with E-state index in [-0.39, 0.29) is 48.9 Å². The van der Waals surface area contributed by atoms with Crippen molar-refractivity contribution in [2.75, 3.05) is 12.3 Å². The third-order valence-corrected chi connectivity index (χ3v) is 5.18. The Kier molecular flexibility index (Phi) is 5.69. The Morgan fingerprint density at radius 3 is 2.81 bits per heavy atom. The number of H-pyrrole nitrogens is 1. The lowest BCUT2D eigenvalue weighted by Gasteiger charge is -2.14. The lowest BCUT2D eigenvalue weighted by Crippen LogP contribution is -2.24. The molecule has 1 unspecified atom stereocenters. The van der Waals surface area contributed by atoms with Crippen molar-refractivity contribution >= 4 is 22.7 Å². The van der Waals surface area contributed by atoms with Crippen LogP contribution < -0.4 is 11.3 Å². The number of para-hydroxylation sites is 1. The van der Waals surface area contributed by atoms with Crippen LogP contribution in [0.15, 0.2) is 35.3 Å². The number of hydrogen-bond donors (Lipinski definition) is 4. The fourth-order valence-corrected chi connectivity index (χ4v) is 3.71. The van der Waals surface area contributed by atoms with Crippen LogP contribution in [0.5, 0.6) is 0 Å². The van der Waals surface area contributed by atoms with Crippen LogP contribution in [0.1, 0.15) is 23.8 Å². The first-order valence-electron chi connectivity index (χ1n) is 9.52. The largest absolute Gasteiger partial charge is 0.394 e. The average molecular weight is 431 g/mol. The molecule has 0 spiro atoms. The Hall–Kier alpha value is -3.32. The van der Waals surface area contributed by atoms with Crippen molar-refractivity contribution in [1.29, 1.82) is 0 Å². The molecule has 0 saturated carbocycles. The van der Waals surface area contributed by atoms with Crippen LogP contribution in [0.3, 0.4) is 0 Å². The van der Waals surface area contributed by atoms with Crippen LogP contribution in [-0.2, 0) is 22.7 Å². The summed E-state index contributed by atoms with van der Waals surface area (Å²) in [4.78, 5) is 29.9. The second kappa shape index (κ2) is 8.43. The third kappa shape index (κ3) is 4.01. The molecule has 0 bridgehead atoms. The lowest BCUT2D eigenvalue weighted by atomic mass is 10.2. The van der Waals surface area contributed by atoms with Crippen LogP contribution in [0.2, 0.25) is 0 Å². The van der Waals surface area contributed by atoms with E-state index in [1.165, 1.54) is 6.07 Å². The molecule has 5 N–H and O–H groups in total. The highest BCUT2D eigenvalue weighted by Gasteiger charge is 2.35. The van der Waals surface area contributed by atoms with Crippen molar-refractivity contribution in [3.63, 3.8) is 0 Å². The van der Waals surface area contributed by atoms with Gasteiger partial charge in [0, 0.05) is 24.2 Å². The Labute approximate surface area is 175 Å². The number of nitrogens with one attached hydrogen (secondary N) is 1. The summed E-state index contributed by atoms with van der Waals surface area (Å²) in [5, 5.41) is 30.8. The number of aliphatic hydroxyl groups excluding tert-OH is 2. The fraction of sp³-hybridized carbons (Fsp3) is 0.368. The van der Waals surface area contributed by atoms with Gasteiger partial charge in [0.25, 0.3) is 11.2 Å². The second-order valence-electron chi connectivity index (χ2n) is 7.20. The summed E-state index contributed by atoms with van der Waals surface area (Å²) in [5.41, 5.74) is 6.31. The van der Waals surface area contributed by atoms with E-state index < -0.39 is 28.9 Å². The van der Waals surface area contributed by atoms with Gasteiger partial charge >= 0.3 is 0 Å². The molecule has 0 amide bonds. The van der Waals surface area contributed by atoms with Crippen molar-refractivity contribution in [3.05, 3.63) is 62.1 Å². The molecular weight excluding hydrogens is 410 g/mol. The highest BCUT2D eigenvalue weighted by Crippen LogP contribution is 2.32. The van der Waals surface area contributed by atoms with Gasteiger partial charge in [0.1, 0.15) is 12.3 Å². The Bertz CT molecular complexity index is 1170. The maximum absolute atomic E-state index is 12.5. The molecule has 1 aromatic carbocycles. The van der Waals surface area contributed by atoms with E-state index >= 15 is 0 Å². The molecule has 3 aromatic rings. The third-order valence-electron chi connectivity index (χ3n) is 5.18. The first kappa shape index (κ1) is 20.9. The summed E-state index contributed by atoms with van der Waals surface area (Å²) in [6.45, 7) is -0.406. The maximum Gasteiger partial charge on any atom is 0.274 e. The highest BCUT2D eigenvalue weighted by atomic mass is 16.6. The van der Waals surface area contributed by atoms with Gasteiger partial charge in [0.05, 0.1) is 41.8 Å². The van der Waals surface area contributed by atoms with Crippen LogP contribution in [0.25, 0.3) is 11.0 Å². The summed E-state index contributed by atoms with van der Waals surface area (Å²) >= 11 is 0. The Morgan fingerprint density at radius 1 is 1.35 bits per heavy atom. The molecule has 0 radical (unpaired) electrons. The van der Waals surface area contributed by atoms with Gasteiger partial charge in [-0.1, -0.05) is 12.1 Å². The minimum Gasteiger partial charge on any atom is -0.394 e. The van der Waals surface area contributed by atoms with Gasteiger partial charge in [-0.15, -0.1) is 0 Å². The lowest BCUT2D eigenvalue weighted by molar-refractivity contribution is -0.386. The van der Waals surface area contributed by atoms with E-state index in [0.29, 0.717) is 11.1 Å². The number of anilines is 1. The van der Waals surface area contributed by atoms with E-state index in [1.54, 1.807) is 29.0 Å². The van der Waals surface area contributed by atoms with Gasteiger partial charge in [0.2, 0.25) is 5.95 Å². The van der Waals surface area contributed by atoms with E-state index in [9.17, 15) is 25.1 Å². The summed E-state index contributed by atoms with van der Waals surface area (Å²) < 4.78 is 12.9. The Morgan fingerprint density at radius 2 is 2.10 bits per heavy atom. The molecule has 3 heterocycles. The first-order chi connectivity index (χ1) is 14.9. The van der Waals surface area contributed by atoms with Crippen molar-refractivity contribution in [3.8, 4) is 0 Å². The molecule has 3 atom stereocenters. The maximum atomic E-state index is 12.5. The first-order valence-corrected chi connectivity index (χ1v) is 9.52. The summed E-state index contributed by atoms with van der Waals surface area (Å²) in [5.74, 6) is -0.0820. The van der Waals surface area contributed by atoms with Gasteiger partial charge < -0.3 is 30.0 Å². The van der Waals surface area contributed by atoms with Crippen LogP contribution in [0.4, 0.5) is 11.6 Å². The molecule has 1 aliphatic rings. The molecule has 0 aliphatic carbocycles. The molecule has 12 heteroatoms. The minimum atomic E-state index is -0.870. The predicted molar refractivity (Wildman–Crippen MR) is 108 cm³/mol. The van der Waals surface area contributed by atoms with Crippen LogP contribution >= 0.6 is 0 Å². The molecule has 1 saturated heterocycles. The minimum absolute atomic E-state index is 0.0249. The fourth-order valence-electron chi connectivity index (χ4n) is 3.71. The number of nitro benzene ring substituents is 1. The number of nitrogen functional groups attached to an aromatic ring is 1. The zero-order chi connectivity index (χ0) is 22.1. The highest BCUT2D eigenvalue weighted by molar-refractivity contribution is 5.80. The molecule has 1 fully saturated rings. The second-order valence-corrected chi connectivity index (χ2v) is 7.20. The van der Waals surface area contributed by atoms with E-state index in [2.05, 4.69) is 9.97 Å². The summed E-state index contributed by atoms with van der Waals surface area (Å²) in [7, 11) is 0. The number of fused-ring (bicyclic) bond motifs is 1. The monoisotopic (exact) mass is 431 g/mol. The normalized spacial score (nSPS) is 21.0. The number of aromatic nitrogens is 3. The smallest absolute Gasteiger partial charge is 0.274 e. The zero-order valence-electron chi connectivity index (χ0n) is 16.3. The van der Waals surface area contributed by atoms with E-state index in [0.717, 1.165) is 0 Å². The van der Waals surface area contributed by atoms with Crippen LogP contribution in [0, 0.1) is 10.1 Å². The number of nitro groups is 1. The standard InChI is InChI=1S/C19H21N5O7/c20-19-21-17-16(18(27)22-19)11(6-23(17)15-5-13(26)14(7-25)31-15)9-30-8-10-3-1-2-4-12(10)24(28)29/h1-4,6,13-15,25-26H,5,7-9H2,(H3,20,21,22,27)/t13?,14-,15-/m1/s1. The number of aliphatic hydroxyl groups is 2. The topological polar surface area (TPSA) is 179 Å².